The molecule has 0 aliphatic carbocycles. The Morgan fingerprint density at radius 1 is 1.52 bits per heavy atom. The molecule has 1 atom stereocenters. The number of rotatable bonds is 5. The molecule has 9 heteroatoms. The smallest absolute Gasteiger partial charge is 0.269 e. The average molecular weight is 316 g/mol. The normalized spacial score (nSPS) is 22.4. The molecule has 8 nitrogen and oxygen atoms in total. The molecular formula is C12H16N2O6S. The molecule has 1 aliphatic rings. The standard InChI is InChI=1S/C12H16N2O6S/c1-9-6-10(14(16)17)2-3-11(9)21(18,19)13-7-12(15)4-5-20-8-12/h2-3,6,13,15H,4-5,7-8H2,1H3. The van der Waals surface area contributed by atoms with Gasteiger partial charge < -0.3 is 9.84 Å². The topological polar surface area (TPSA) is 119 Å². The first-order chi connectivity index (χ1) is 9.73. The molecular weight excluding hydrogens is 300 g/mol. The van der Waals surface area contributed by atoms with Crippen LogP contribution in [0.25, 0.3) is 0 Å². The molecule has 1 aromatic carbocycles. The van der Waals surface area contributed by atoms with E-state index < -0.39 is 20.5 Å². The highest BCUT2D eigenvalue weighted by Crippen LogP contribution is 2.22. The van der Waals surface area contributed by atoms with Gasteiger partial charge in [0.05, 0.1) is 16.4 Å². The van der Waals surface area contributed by atoms with Crippen molar-refractivity contribution in [3.05, 3.63) is 33.9 Å². The summed E-state index contributed by atoms with van der Waals surface area (Å²) in [7, 11) is -3.85. The minimum absolute atomic E-state index is 0.0457. The van der Waals surface area contributed by atoms with Crippen molar-refractivity contribution in [1.82, 2.24) is 4.72 Å². The lowest BCUT2D eigenvalue weighted by molar-refractivity contribution is -0.385. The third-order valence-corrected chi connectivity index (χ3v) is 4.89. The number of benzene rings is 1. The summed E-state index contributed by atoms with van der Waals surface area (Å²) in [5.74, 6) is 0. The second-order valence-corrected chi connectivity index (χ2v) is 6.79. The maximum absolute atomic E-state index is 12.2. The molecule has 0 radical (unpaired) electrons. The minimum Gasteiger partial charge on any atom is -0.386 e. The number of aryl methyl sites for hydroxylation is 1. The van der Waals surface area contributed by atoms with E-state index in [9.17, 15) is 23.6 Å². The predicted octanol–water partition coefficient (Wildman–Crippen LogP) is 0.333. The van der Waals surface area contributed by atoms with Crippen molar-refractivity contribution in [2.75, 3.05) is 19.8 Å². The van der Waals surface area contributed by atoms with Crippen molar-refractivity contribution >= 4 is 15.7 Å². The first kappa shape index (κ1) is 15.8. The molecule has 0 aromatic heterocycles. The number of non-ortho nitro benzene ring substituents is 1. The second kappa shape index (κ2) is 5.68. The van der Waals surface area contributed by atoms with Gasteiger partial charge in [0, 0.05) is 31.7 Å². The number of hydrogen-bond donors (Lipinski definition) is 2. The van der Waals surface area contributed by atoms with Gasteiger partial charge in [-0.05, 0) is 18.6 Å². The van der Waals surface area contributed by atoms with E-state index in [1.807, 2.05) is 0 Å². The first-order valence-electron chi connectivity index (χ1n) is 6.28. The summed E-state index contributed by atoms with van der Waals surface area (Å²) >= 11 is 0. The highest BCUT2D eigenvalue weighted by Gasteiger charge is 2.34. The molecule has 0 spiro atoms. The number of nitro benzene ring substituents is 1. The Balaban J connectivity index is 2.17. The monoisotopic (exact) mass is 316 g/mol. The Hall–Kier alpha value is -1.55. The summed E-state index contributed by atoms with van der Waals surface area (Å²) in [6.45, 7) is 1.78. The van der Waals surface area contributed by atoms with Crippen molar-refractivity contribution in [3.63, 3.8) is 0 Å². The van der Waals surface area contributed by atoms with Crippen LogP contribution in [0, 0.1) is 17.0 Å². The van der Waals surface area contributed by atoms with E-state index in [1.54, 1.807) is 0 Å². The van der Waals surface area contributed by atoms with Gasteiger partial charge in [0.15, 0.2) is 0 Å². The number of hydrogen-bond acceptors (Lipinski definition) is 6. The molecule has 1 fully saturated rings. The van der Waals surface area contributed by atoms with E-state index in [-0.39, 0.29) is 29.3 Å². The molecule has 2 rings (SSSR count). The van der Waals surface area contributed by atoms with Gasteiger partial charge in [0.1, 0.15) is 5.60 Å². The predicted molar refractivity (Wildman–Crippen MR) is 73.4 cm³/mol. The van der Waals surface area contributed by atoms with Gasteiger partial charge in [-0.2, -0.15) is 0 Å². The molecule has 21 heavy (non-hydrogen) atoms. The fourth-order valence-electron chi connectivity index (χ4n) is 2.09. The van der Waals surface area contributed by atoms with Crippen LogP contribution in [0.15, 0.2) is 23.1 Å². The highest BCUT2D eigenvalue weighted by molar-refractivity contribution is 7.89. The molecule has 1 aliphatic heterocycles. The van der Waals surface area contributed by atoms with Gasteiger partial charge in [0.2, 0.25) is 10.0 Å². The lowest BCUT2D eigenvalue weighted by Crippen LogP contribution is -2.43. The van der Waals surface area contributed by atoms with E-state index in [1.165, 1.54) is 19.1 Å². The summed E-state index contributed by atoms with van der Waals surface area (Å²) in [5.41, 5.74) is -1.11. The summed E-state index contributed by atoms with van der Waals surface area (Å²) in [4.78, 5) is 10.0. The summed E-state index contributed by atoms with van der Waals surface area (Å²) in [6, 6.07) is 3.52. The minimum atomic E-state index is -3.85. The first-order valence-corrected chi connectivity index (χ1v) is 7.77. The lowest BCUT2D eigenvalue weighted by Gasteiger charge is -2.20. The summed E-state index contributed by atoms with van der Waals surface area (Å²) in [6.07, 6.45) is 0.356. The fraction of sp³-hybridized carbons (Fsp3) is 0.500. The molecule has 2 N–H and O–H groups in total. The molecule has 0 saturated carbocycles. The van der Waals surface area contributed by atoms with E-state index >= 15 is 0 Å². The largest absolute Gasteiger partial charge is 0.386 e. The van der Waals surface area contributed by atoms with Crippen molar-refractivity contribution < 1.29 is 23.2 Å². The van der Waals surface area contributed by atoms with Crippen LogP contribution in [-0.4, -0.2) is 43.8 Å². The zero-order chi connectivity index (χ0) is 15.7. The summed E-state index contributed by atoms with van der Waals surface area (Å²) < 4.78 is 31.8. The number of sulfonamides is 1. The Morgan fingerprint density at radius 2 is 2.24 bits per heavy atom. The summed E-state index contributed by atoms with van der Waals surface area (Å²) in [5, 5.41) is 20.7. The fourth-order valence-corrected chi connectivity index (χ4v) is 3.44. The van der Waals surface area contributed by atoms with Crippen LogP contribution in [0.1, 0.15) is 12.0 Å². The Bertz CT molecular complexity index is 652. The van der Waals surface area contributed by atoms with Gasteiger partial charge in [-0.3, -0.25) is 10.1 Å². The molecule has 1 heterocycles. The molecule has 1 unspecified atom stereocenters. The Morgan fingerprint density at radius 3 is 2.76 bits per heavy atom. The van der Waals surface area contributed by atoms with E-state index in [0.717, 1.165) is 6.07 Å². The van der Waals surface area contributed by atoms with Crippen molar-refractivity contribution in [2.24, 2.45) is 0 Å². The average Bonchev–Trinajstić information content (AvgIpc) is 2.84. The zero-order valence-corrected chi connectivity index (χ0v) is 12.2. The van der Waals surface area contributed by atoms with Crippen LogP contribution in [0.5, 0.6) is 0 Å². The van der Waals surface area contributed by atoms with Crippen LogP contribution < -0.4 is 4.72 Å². The Kier molecular flexibility index (Phi) is 4.28. The second-order valence-electron chi connectivity index (χ2n) is 5.06. The lowest BCUT2D eigenvalue weighted by atomic mass is 10.1. The number of nitro groups is 1. The number of nitrogens with one attached hydrogen (secondary N) is 1. The van der Waals surface area contributed by atoms with E-state index in [0.29, 0.717) is 13.0 Å². The molecule has 1 saturated heterocycles. The number of aliphatic hydroxyl groups is 1. The van der Waals surface area contributed by atoms with Crippen LogP contribution in [0.4, 0.5) is 5.69 Å². The van der Waals surface area contributed by atoms with Crippen molar-refractivity contribution in [3.8, 4) is 0 Å². The molecule has 1 aromatic rings. The van der Waals surface area contributed by atoms with Gasteiger partial charge >= 0.3 is 0 Å². The van der Waals surface area contributed by atoms with Gasteiger partial charge in [0.25, 0.3) is 5.69 Å². The van der Waals surface area contributed by atoms with E-state index in [2.05, 4.69) is 4.72 Å². The third-order valence-electron chi connectivity index (χ3n) is 3.33. The van der Waals surface area contributed by atoms with Gasteiger partial charge in [-0.15, -0.1) is 0 Å². The molecule has 0 bridgehead atoms. The third kappa shape index (κ3) is 3.56. The van der Waals surface area contributed by atoms with Gasteiger partial charge in [-0.25, -0.2) is 13.1 Å². The van der Waals surface area contributed by atoms with Crippen LogP contribution >= 0.6 is 0 Å². The number of ether oxygens (including phenoxy) is 1. The maximum atomic E-state index is 12.2. The molecule has 116 valence electrons. The quantitative estimate of drug-likeness (QED) is 0.597. The number of nitrogens with zero attached hydrogens (tertiary/aromatic N) is 1. The van der Waals surface area contributed by atoms with Crippen LogP contribution in [0.2, 0.25) is 0 Å². The van der Waals surface area contributed by atoms with Crippen molar-refractivity contribution in [1.29, 1.82) is 0 Å². The van der Waals surface area contributed by atoms with Crippen molar-refractivity contribution in [2.45, 2.75) is 23.8 Å². The highest BCUT2D eigenvalue weighted by atomic mass is 32.2. The Labute approximate surface area is 121 Å². The molecule has 0 amide bonds. The van der Waals surface area contributed by atoms with Crippen LogP contribution in [0.3, 0.4) is 0 Å². The SMILES string of the molecule is Cc1cc([N+](=O)[O-])ccc1S(=O)(=O)NCC1(O)CCOC1. The van der Waals surface area contributed by atoms with Gasteiger partial charge in [-0.1, -0.05) is 0 Å². The van der Waals surface area contributed by atoms with E-state index in [4.69, 9.17) is 4.74 Å². The van der Waals surface area contributed by atoms with Crippen LogP contribution in [-0.2, 0) is 14.8 Å². The zero-order valence-electron chi connectivity index (χ0n) is 11.4. The maximum Gasteiger partial charge on any atom is 0.269 e.